The van der Waals surface area contributed by atoms with Crippen molar-refractivity contribution in [2.45, 2.75) is 67.2 Å². The molecule has 1 aliphatic rings. The highest BCUT2D eigenvalue weighted by molar-refractivity contribution is 6.02. The minimum Gasteiger partial charge on any atom is -0.338 e. The van der Waals surface area contributed by atoms with E-state index in [1.54, 1.807) is 4.90 Å². The molecule has 0 unspecified atom stereocenters. The van der Waals surface area contributed by atoms with Crippen LogP contribution in [-0.4, -0.2) is 34.7 Å². The molecule has 0 aromatic carbocycles. The van der Waals surface area contributed by atoms with Gasteiger partial charge in [-0.25, -0.2) is 0 Å². The molecule has 5 heteroatoms. The third-order valence-electron chi connectivity index (χ3n) is 5.19. The number of nitrogens with one attached hydrogen (secondary N) is 1. The number of nitrogens with zero attached hydrogens (tertiary/aromatic N) is 1. The van der Waals surface area contributed by atoms with E-state index in [1.165, 1.54) is 6.07 Å². The zero-order chi connectivity index (χ0) is 20.4. The van der Waals surface area contributed by atoms with Gasteiger partial charge in [-0.05, 0) is 42.6 Å². The average molecular weight is 375 g/mol. The van der Waals surface area contributed by atoms with Crippen LogP contribution in [0.25, 0.3) is 0 Å². The molecular formula is C22H34N2O3. The summed E-state index contributed by atoms with van der Waals surface area (Å²) in [6.07, 6.45) is 2.85. The second kappa shape index (κ2) is 8.41. The standard InChI is InChI=1S/C22H34N2O3/c1-14(2)7-9-24(10-8-15(3)4)21(27)17-11-16-18(23-20(17)26)12-22(5,6)13-19(16)25/h11,14-15H,7-10,12-13H2,1-6H3,(H,23,26). The molecule has 0 saturated heterocycles. The van der Waals surface area contributed by atoms with E-state index in [0.29, 0.717) is 49.0 Å². The van der Waals surface area contributed by atoms with Crippen molar-refractivity contribution in [2.24, 2.45) is 17.3 Å². The number of aromatic nitrogens is 1. The van der Waals surface area contributed by atoms with Gasteiger partial charge in [-0.2, -0.15) is 0 Å². The number of amides is 1. The van der Waals surface area contributed by atoms with Crippen molar-refractivity contribution in [3.63, 3.8) is 0 Å². The van der Waals surface area contributed by atoms with Crippen molar-refractivity contribution in [1.29, 1.82) is 0 Å². The van der Waals surface area contributed by atoms with Gasteiger partial charge >= 0.3 is 0 Å². The van der Waals surface area contributed by atoms with Crippen LogP contribution in [0.3, 0.4) is 0 Å². The summed E-state index contributed by atoms with van der Waals surface area (Å²) in [5.41, 5.74) is 0.704. The van der Waals surface area contributed by atoms with E-state index in [0.717, 1.165) is 12.8 Å². The van der Waals surface area contributed by atoms with Gasteiger partial charge in [-0.15, -0.1) is 0 Å². The largest absolute Gasteiger partial charge is 0.338 e. The SMILES string of the molecule is CC(C)CCN(CCC(C)C)C(=O)c1cc2c([nH]c1=O)CC(C)(C)CC2=O. The molecule has 0 aliphatic heterocycles. The Kier molecular flexibility index (Phi) is 6.66. The third-order valence-corrected chi connectivity index (χ3v) is 5.19. The highest BCUT2D eigenvalue weighted by Crippen LogP contribution is 2.33. The number of rotatable bonds is 7. The summed E-state index contributed by atoms with van der Waals surface area (Å²) >= 11 is 0. The number of aromatic amines is 1. The number of ketones is 1. The Morgan fingerprint density at radius 1 is 1.07 bits per heavy atom. The number of Topliss-reactive ketones (excluding diaryl/α,β-unsaturated/α-hetero) is 1. The van der Waals surface area contributed by atoms with E-state index in [4.69, 9.17) is 0 Å². The molecule has 0 spiro atoms. The number of carbonyl (C=O) groups is 2. The summed E-state index contributed by atoms with van der Waals surface area (Å²) in [6, 6.07) is 1.53. The summed E-state index contributed by atoms with van der Waals surface area (Å²) in [7, 11) is 0. The van der Waals surface area contributed by atoms with E-state index in [2.05, 4.69) is 32.7 Å². The van der Waals surface area contributed by atoms with Crippen molar-refractivity contribution in [3.05, 3.63) is 33.2 Å². The Balaban J connectivity index is 2.33. The molecule has 1 N–H and O–H groups in total. The Hall–Kier alpha value is -1.91. The molecule has 5 nitrogen and oxygen atoms in total. The molecule has 0 fully saturated rings. The summed E-state index contributed by atoms with van der Waals surface area (Å²) in [5.74, 6) is 0.690. The van der Waals surface area contributed by atoms with E-state index in [9.17, 15) is 14.4 Å². The van der Waals surface area contributed by atoms with Gasteiger partial charge in [0.1, 0.15) is 5.56 Å². The number of hydrogen-bond donors (Lipinski definition) is 1. The number of hydrogen-bond acceptors (Lipinski definition) is 3. The predicted molar refractivity (Wildman–Crippen MR) is 108 cm³/mol. The van der Waals surface area contributed by atoms with Crippen LogP contribution in [0.5, 0.6) is 0 Å². The van der Waals surface area contributed by atoms with Gasteiger partial charge in [0.25, 0.3) is 11.5 Å². The van der Waals surface area contributed by atoms with Crippen molar-refractivity contribution in [2.75, 3.05) is 13.1 Å². The summed E-state index contributed by atoms with van der Waals surface area (Å²) in [4.78, 5) is 42.9. The number of H-pyrrole nitrogens is 1. The normalized spacial score (nSPS) is 15.9. The topological polar surface area (TPSA) is 70.2 Å². The molecule has 1 aromatic heterocycles. The lowest BCUT2D eigenvalue weighted by atomic mass is 9.75. The van der Waals surface area contributed by atoms with Gasteiger partial charge in [-0.1, -0.05) is 41.5 Å². The van der Waals surface area contributed by atoms with Crippen molar-refractivity contribution in [3.8, 4) is 0 Å². The van der Waals surface area contributed by atoms with E-state index in [-0.39, 0.29) is 28.2 Å². The van der Waals surface area contributed by atoms with Crippen LogP contribution in [0.4, 0.5) is 0 Å². The minimum atomic E-state index is -0.386. The lowest BCUT2D eigenvalue weighted by Gasteiger charge is -2.30. The monoisotopic (exact) mass is 374 g/mol. The van der Waals surface area contributed by atoms with Crippen LogP contribution in [-0.2, 0) is 6.42 Å². The Morgan fingerprint density at radius 3 is 2.15 bits per heavy atom. The summed E-state index contributed by atoms with van der Waals surface area (Å²) < 4.78 is 0. The van der Waals surface area contributed by atoms with Crippen molar-refractivity contribution < 1.29 is 9.59 Å². The smallest absolute Gasteiger partial charge is 0.261 e. The number of pyridine rings is 1. The quantitative estimate of drug-likeness (QED) is 0.782. The van der Waals surface area contributed by atoms with E-state index >= 15 is 0 Å². The summed E-state index contributed by atoms with van der Waals surface area (Å²) in [5, 5.41) is 0. The lowest BCUT2D eigenvalue weighted by Crippen LogP contribution is -2.38. The van der Waals surface area contributed by atoms with Crippen molar-refractivity contribution >= 4 is 11.7 Å². The van der Waals surface area contributed by atoms with Gasteiger partial charge in [0.15, 0.2) is 5.78 Å². The van der Waals surface area contributed by atoms with E-state index in [1.807, 2.05) is 13.8 Å². The first kappa shape index (κ1) is 21.4. The fourth-order valence-electron chi connectivity index (χ4n) is 3.50. The molecule has 1 heterocycles. The third kappa shape index (κ3) is 5.53. The van der Waals surface area contributed by atoms with Gasteiger partial charge in [0, 0.05) is 30.8 Å². The molecule has 1 aliphatic carbocycles. The Morgan fingerprint density at radius 2 is 1.63 bits per heavy atom. The number of carbonyl (C=O) groups excluding carboxylic acids is 2. The highest BCUT2D eigenvalue weighted by atomic mass is 16.2. The minimum absolute atomic E-state index is 0.00228. The molecule has 0 saturated carbocycles. The van der Waals surface area contributed by atoms with Crippen molar-refractivity contribution in [1.82, 2.24) is 9.88 Å². The Bertz CT molecular complexity index is 747. The molecule has 0 atom stereocenters. The number of fused-ring (bicyclic) bond motifs is 1. The predicted octanol–water partition coefficient (Wildman–Crippen LogP) is 4.06. The fraction of sp³-hybridized carbons (Fsp3) is 0.682. The second-order valence-corrected chi connectivity index (χ2v) is 9.50. The molecule has 2 rings (SSSR count). The zero-order valence-corrected chi connectivity index (χ0v) is 17.6. The van der Waals surface area contributed by atoms with Crippen LogP contribution in [0.2, 0.25) is 0 Å². The van der Waals surface area contributed by atoms with E-state index < -0.39 is 0 Å². The molecular weight excluding hydrogens is 340 g/mol. The first-order valence-corrected chi connectivity index (χ1v) is 10.1. The average Bonchev–Trinajstić information content (AvgIpc) is 2.52. The highest BCUT2D eigenvalue weighted by Gasteiger charge is 2.33. The van der Waals surface area contributed by atoms with Gasteiger partial charge in [0.05, 0.1) is 0 Å². The molecule has 1 amide bonds. The lowest BCUT2D eigenvalue weighted by molar-refractivity contribution is 0.0739. The molecule has 1 aromatic rings. The maximum Gasteiger partial charge on any atom is 0.261 e. The molecule has 27 heavy (non-hydrogen) atoms. The van der Waals surface area contributed by atoms with Crippen LogP contribution in [0.1, 0.15) is 87.2 Å². The summed E-state index contributed by atoms with van der Waals surface area (Å²) in [6.45, 7) is 13.8. The van der Waals surface area contributed by atoms with Crippen LogP contribution >= 0.6 is 0 Å². The first-order chi connectivity index (χ1) is 12.5. The Labute approximate surface area is 162 Å². The maximum atomic E-state index is 13.1. The van der Waals surface area contributed by atoms with Gasteiger partial charge in [-0.3, -0.25) is 14.4 Å². The maximum absolute atomic E-state index is 13.1. The molecule has 150 valence electrons. The first-order valence-electron chi connectivity index (χ1n) is 10.1. The molecule has 0 radical (unpaired) electrons. The van der Waals surface area contributed by atoms with Crippen LogP contribution < -0.4 is 5.56 Å². The van der Waals surface area contributed by atoms with Gasteiger partial charge in [0.2, 0.25) is 0 Å². The van der Waals surface area contributed by atoms with Gasteiger partial charge < -0.3 is 9.88 Å². The molecule has 0 bridgehead atoms. The van der Waals surface area contributed by atoms with Crippen LogP contribution in [0.15, 0.2) is 10.9 Å². The zero-order valence-electron chi connectivity index (χ0n) is 17.6. The fourth-order valence-corrected chi connectivity index (χ4v) is 3.50. The second-order valence-electron chi connectivity index (χ2n) is 9.50. The van der Waals surface area contributed by atoms with Crippen LogP contribution in [0, 0.1) is 17.3 Å².